The predicted octanol–water partition coefficient (Wildman–Crippen LogP) is 3.43. The van der Waals surface area contributed by atoms with E-state index in [1.54, 1.807) is 7.11 Å². The molecule has 0 amide bonds. The molecule has 2 heteroatoms. The van der Waals surface area contributed by atoms with Gasteiger partial charge < -0.3 is 9.47 Å². The van der Waals surface area contributed by atoms with Crippen molar-refractivity contribution in [2.24, 2.45) is 0 Å². The molecule has 1 aromatic carbocycles. The van der Waals surface area contributed by atoms with Gasteiger partial charge in [-0.15, -0.1) is 0 Å². The first-order valence-corrected chi connectivity index (χ1v) is 5.51. The molecule has 0 saturated heterocycles. The van der Waals surface area contributed by atoms with Gasteiger partial charge in [-0.25, -0.2) is 0 Å². The van der Waals surface area contributed by atoms with Gasteiger partial charge in [0.15, 0.2) is 0 Å². The Morgan fingerprint density at radius 2 is 1.80 bits per heavy atom. The summed E-state index contributed by atoms with van der Waals surface area (Å²) in [5, 5.41) is 0. The predicted molar refractivity (Wildman–Crippen MR) is 63.3 cm³/mol. The van der Waals surface area contributed by atoms with Crippen molar-refractivity contribution in [1.29, 1.82) is 0 Å². The zero-order valence-electron chi connectivity index (χ0n) is 10.0. The van der Waals surface area contributed by atoms with Crippen LogP contribution in [0.25, 0.3) is 0 Å². The molecule has 1 rings (SSSR count). The van der Waals surface area contributed by atoms with Gasteiger partial charge in [-0.2, -0.15) is 0 Å². The van der Waals surface area contributed by atoms with E-state index in [-0.39, 0.29) is 6.29 Å². The molecule has 0 aromatic heterocycles. The molecule has 0 aliphatic rings. The average Bonchev–Trinajstić information content (AvgIpc) is 2.29. The Labute approximate surface area is 92.2 Å². The van der Waals surface area contributed by atoms with E-state index in [1.165, 1.54) is 12.0 Å². The van der Waals surface area contributed by atoms with Crippen molar-refractivity contribution in [1.82, 2.24) is 0 Å². The molecule has 2 nitrogen and oxygen atoms in total. The maximum Gasteiger partial charge on any atom is 0.292 e. The minimum atomic E-state index is -0.0700. The molecule has 0 saturated carbocycles. The van der Waals surface area contributed by atoms with Gasteiger partial charge in [-0.3, -0.25) is 0 Å². The van der Waals surface area contributed by atoms with Gasteiger partial charge in [0.05, 0.1) is 0 Å². The van der Waals surface area contributed by atoms with E-state index in [4.69, 9.17) is 4.74 Å². The number of methoxy groups -OCH3 is 1. The third kappa shape index (κ3) is 3.56. The first-order chi connectivity index (χ1) is 7.17. The lowest BCUT2D eigenvalue weighted by atomic mass is 9.99. The Hall–Kier alpha value is -1.02. The fourth-order valence-electron chi connectivity index (χ4n) is 1.39. The summed E-state index contributed by atoms with van der Waals surface area (Å²) in [6.07, 6.45) is 1.10. The molecule has 0 heterocycles. The summed E-state index contributed by atoms with van der Waals surface area (Å²) in [4.78, 5) is 0. The minimum absolute atomic E-state index is 0.0700. The van der Waals surface area contributed by atoms with Crippen LogP contribution in [0.2, 0.25) is 0 Å². The Morgan fingerprint density at radius 3 is 2.27 bits per heavy atom. The van der Waals surface area contributed by atoms with Gasteiger partial charge in [0.1, 0.15) is 0 Å². The van der Waals surface area contributed by atoms with Gasteiger partial charge in [0.25, 0.3) is 12.0 Å². The highest BCUT2D eigenvalue weighted by atomic mass is 16.7. The maximum absolute atomic E-state index is 5.09. The maximum atomic E-state index is 5.09. The van der Waals surface area contributed by atoms with Crippen molar-refractivity contribution >= 4 is 0 Å². The number of hydrogen-bond donors (Lipinski definition) is 0. The van der Waals surface area contributed by atoms with E-state index in [0.29, 0.717) is 5.92 Å². The molecule has 1 N–H and O–H groups in total. The van der Waals surface area contributed by atoms with Crippen molar-refractivity contribution in [3.8, 4) is 5.75 Å². The van der Waals surface area contributed by atoms with Crippen LogP contribution in [-0.2, 0) is 4.74 Å². The Morgan fingerprint density at radius 1 is 1.20 bits per heavy atom. The van der Waals surface area contributed by atoms with Gasteiger partial charge >= 0.3 is 0 Å². The SMILES string of the molecule is CCC(C)c1ccc([OH+]C(C)OC)cc1. The molecule has 0 aliphatic heterocycles. The summed E-state index contributed by atoms with van der Waals surface area (Å²) in [5.74, 6) is 1.61. The highest BCUT2D eigenvalue weighted by Crippen LogP contribution is 2.22. The Balaban J connectivity index is 2.64. The number of aliphatic hydroxyl groups is 1. The molecule has 2 atom stereocenters. The molecular weight excluding hydrogens is 188 g/mol. The van der Waals surface area contributed by atoms with Gasteiger partial charge in [0, 0.05) is 26.2 Å². The Bertz CT molecular complexity index is 279. The summed E-state index contributed by atoms with van der Waals surface area (Å²) in [6.45, 7) is 6.38. The van der Waals surface area contributed by atoms with E-state index in [2.05, 4.69) is 42.8 Å². The second-order valence-electron chi connectivity index (χ2n) is 3.86. The van der Waals surface area contributed by atoms with Gasteiger partial charge in [0.2, 0.25) is 0 Å². The molecule has 0 radical (unpaired) electrons. The minimum Gasteiger partial charge on any atom is -0.561 e. The zero-order chi connectivity index (χ0) is 11.3. The average molecular weight is 209 g/mol. The second kappa shape index (κ2) is 5.76. The van der Waals surface area contributed by atoms with Gasteiger partial charge in [-0.1, -0.05) is 13.8 Å². The molecule has 84 valence electrons. The van der Waals surface area contributed by atoms with E-state index in [0.717, 1.165) is 5.75 Å². The number of ether oxygens (including phenoxy) is 2. The van der Waals surface area contributed by atoms with E-state index < -0.39 is 0 Å². The molecule has 1 aromatic rings. The van der Waals surface area contributed by atoms with Crippen LogP contribution in [0.15, 0.2) is 24.3 Å². The number of aromatic hydroxyl groups is 1. The van der Waals surface area contributed by atoms with Crippen LogP contribution in [-0.4, -0.2) is 18.1 Å². The monoisotopic (exact) mass is 209 g/mol. The van der Waals surface area contributed by atoms with E-state index in [9.17, 15) is 0 Å². The molecule has 0 spiro atoms. The first-order valence-electron chi connectivity index (χ1n) is 5.51. The summed E-state index contributed by atoms with van der Waals surface area (Å²) < 4.78 is 9.47. The van der Waals surface area contributed by atoms with Crippen LogP contribution in [0.1, 0.15) is 38.7 Å². The summed E-state index contributed by atoms with van der Waals surface area (Å²) in [7, 11) is 1.67. The zero-order valence-corrected chi connectivity index (χ0v) is 10.0. The summed E-state index contributed by atoms with van der Waals surface area (Å²) in [6, 6.07) is 8.40. The number of rotatable bonds is 5. The van der Waals surface area contributed by atoms with Crippen molar-refractivity contribution in [2.75, 3.05) is 7.11 Å². The molecule has 0 aliphatic carbocycles. The van der Waals surface area contributed by atoms with Crippen LogP contribution < -0.4 is 0 Å². The second-order valence-corrected chi connectivity index (χ2v) is 3.86. The third-order valence-electron chi connectivity index (χ3n) is 2.75. The number of hydrogen-bond acceptors (Lipinski definition) is 1. The molecule has 0 fully saturated rings. The third-order valence-corrected chi connectivity index (χ3v) is 2.75. The van der Waals surface area contributed by atoms with Crippen LogP contribution in [0.3, 0.4) is 0 Å². The van der Waals surface area contributed by atoms with Crippen LogP contribution >= 0.6 is 0 Å². The molecule has 15 heavy (non-hydrogen) atoms. The summed E-state index contributed by atoms with van der Waals surface area (Å²) in [5.41, 5.74) is 1.38. The lowest BCUT2D eigenvalue weighted by Gasteiger charge is -2.12. The fraction of sp³-hybridized carbons (Fsp3) is 0.538. The topological polar surface area (TPSA) is 22.0 Å². The van der Waals surface area contributed by atoms with Crippen molar-refractivity contribution < 1.29 is 9.47 Å². The van der Waals surface area contributed by atoms with Crippen LogP contribution in [0.5, 0.6) is 5.75 Å². The van der Waals surface area contributed by atoms with Crippen molar-refractivity contribution in [3.05, 3.63) is 29.8 Å². The smallest absolute Gasteiger partial charge is 0.292 e. The fourth-order valence-corrected chi connectivity index (χ4v) is 1.39. The van der Waals surface area contributed by atoms with Crippen LogP contribution in [0.4, 0.5) is 0 Å². The van der Waals surface area contributed by atoms with E-state index >= 15 is 0 Å². The standard InChI is InChI=1S/C13H20O2/c1-5-10(2)12-6-8-13(9-7-12)15-11(3)14-4/h6-11H,5H2,1-4H3/p+1. The molecule has 0 bridgehead atoms. The highest BCUT2D eigenvalue weighted by molar-refractivity contribution is 5.28. The Kier molecular flexibility index (Phi) is 4.63. The van der Waals surface area contributed by atoms with Crippen molar-refractivity contribution in [3.63, 3.8) is 0 Å². The van der Waals surface area contributed by atoms with Crippen LogP contribution in [0, 0.1) is 0 Å². The van der Waals surface area contributed by atoms with Gasteiger partial charge in [-0.05, 0) is 30.0 Å². The van der Waals surface area contributed by atoms with E-state index in [1.807, 2.05) is 6.92 Å². The summed E-state index contributed by atoms with van der Waals surface area (Å²) >= 11 is 0. The number of benzene rings is 1. The first kappa shape index (κ1) is 12.1. The lowest BCUT2D eigenvalue weighted by molar-refractivity contribution is -0.161. The molecule has 2 unspecified atom stereocenters. The quantitative estimate of drug-likeness (QED) is 0.538. The molecular formula is C13H21O2+. The lowest BCUT2D eigenvalue weighted by Crippen LogP contribution is -2.10. The van der Waals surface area contributed by atoms with Crippen molar-refractivity contribution in [2.45, 2.75) is 39.4 Å². The highest BCUT2D eigenvalue weighted by Gasteiger charge is 2.07. The normalized spacial score (nSPS) is 14.7. The largest absolute Gasteiger partial charge is 0.561 e.